The maximum atomic E-state index is 11.2. The van der Waals surface area contributed by atoms with E-state index >= 15 is 0 Å². The molecule has 2 aliphatic heterocycles. The van der Waals surface area contributed by atoms with Crippen LogP contribution in [0.25, 0.3) is 0 Å². The second-order valence-corrected chi connectivity index (χ2v) is 5.38. The highest BCUT2D eigenvalue weighted by molar-refractivity contribution is 7.91. The van der Waals surface area contributed by atoms with Crippen LogP contribution in [0.3, 0.4) is 0 Å². The third-order valence-electron chi connectivity index (χ3n) is 2.65. The SMILES string of the molecule is CN1CCOC2(CC[S+]([O-])C2)C1. The van der Waals surface area contributed by atoms with Gasteiger partial charge in [-0.3, -0.25) is 0 Å². The van der Waals surface area contributed by atoms with Crippen molar-refractivity contribution in [1.29, 1.82) is 0 Å². The van der Waals surface area contributed by atoms with Gasteiger partial charge in [0.1, 0.15) is 17.1 Å². The molecule has 2 aliphatic rings. The average Bonchev–Trinajstić information content (AvgIpc) is 2.32. The standard InChI is InChI=1S/C8H15NO2S/c1-9-3-4-11-8(6-9)2-5-12(10)7-8/h2-7H2,1H3. The molecule has 12 heavy (non-hydrogen) atoms. The van der Waals surface area contributed by atoms with Crippen LogP contribution in [-0.4, -0.2) is 53.3 Å². The lowest BCUT2D eigenvalue weighted by molar-refractivity contribution is -0.0858. The second kappa shape index (κ2) is 3.18. The fourth-order valence-corrected chi connectivity index (χ4v) is 3.66. The molecule has 4 heteroatoms. The Morgan fingerprint density at radius 1 is 1.58 bits per heavy atom. The predicted octanol–water partition coefficient (Wildman–Crippen LogP) is -0.160. The Kier molecular flexibility index (Phi) is 2.33. The van der Waals surface area contributed by atoms with Crippen LogP contribution in [0.4, 0.5) is 0 Å². The highest BCUT2D eigenvalue weighted by Gasteiger charge is 2.45. The largest absolute Gasteiger partial charge is 0.616 e. The molecule has 0 amide bonds. The summed E-state index contributed by atoms with van der Waals surface area (Å²) in [5, 5.41) is 0. The monoisotopic (exact) mass is 189 g/mol. The molecular weight excluding hydrogens is 174 g/mol. The van der Waals surface area contributed by atoms with E-state index in [1.165, 1.54) is 0 Å². The lowest BCUT2D eigenvalue weighted by Crippen LogP contribution is -2.51. The third-order valence-corrected chi connectivity index (χ3v) is 4.16. The summed E-state index contributed by atoms with van der Waals surface area (Å²) in [6.45, 7) is 2.76. The summed E-state index contributed by atoms with van der Waals surface area (Å²) >= 11 is -0.626. The van der Waals surface area contributed by atoms with Gasteiger partial charge in [0.2, 0.25) is 0 Å². The Balaban J connectivity index is 2.00. The minimum atomic E-state index is -0.626. The van der Waals surface area contributed by atoms with Crippen LogP contribution in [0, 0.1) is 0 Å². The molecule has 0 radical (unpaired) electrons. The van der Waals surface area contributed by atoms with Gasteiger partial charge in [-0.05, 0) is 7.05 Å². The molecule has 0 aromatic rings. The lowest BCUT2D eigenvalue weighted by atomic mass is 10.0. The van der Waals surface area contributed by atoms with E-state index in [1.54, 1.807) is 0 Å². The van der Waals surface area contributed by atoms with Crippen molar-refractivity contribution in [1.82, 2.24) is 4.90 Å². The molecule has 2 fully saturated rings. The molecule has 0 bridgehead atoms. The first-order valence-corrected chi connectivity index (χ1v) is 5.87. The van der Waals surface area contributed by atoms with Crippen molar-refractivity contribution in [2.75, 3.05) is 38.2 Å². The van der Waals surface area contributed by atoms with Crippen LogP contribution in [-0.2, 0) is 15.9 Å². The molecule has 2 rings (SSSR count). The maximum Gasteiger partial charge on any atom is 0.135 e. The van der Waals surface area contributed by atoms with Crippen molar-refractivity contribution >= 4 is 11.2 Å². The number of nitrogens with zero attached hydrogens (tertiary/aromatic N) is 1. The van der Waals surface area contributed by atoms with Crippen molar-refractivity contribution in [3.63, 3.8) is 0 Å². The topological polar surface area (TPSA) is 35.5 Å². The van der Waals surface area contributed by atoms with Gasteiger partial charge in [-0.2, -0.15) is 0 Å². The molecule has 2 saturated heterocycles. The van der Waals surface area contributed by atoms with Crippen LogP contribution in [0.2, 0.25) is 0 Å². The van der Waals surface area contributed by atoms with E-state index in [0.717, 1.165) is 37.6 Å². The van der Waals surface area contributed by atoms with Gasteiger partial charge < -0.3 is 14.2 Å². The first kappa shape index (κ1) is 8.81. The molecular formula is C8H15NO2S. The molecule has 0 aromatic carbocycles. The summed E-state index contributed by atoms with van der Waals surface area (Å²) in [5.41, 5.74) is -0.0577. The minimum absolute atomic E-state index is 0.0577. The molecule has 3 nitrogen and oxygen atoms in total. The van der Waals surface area contributed by atoms with Crippen molar-refractivity contribution in [2.45, 2.75) is 12.0 Å². The van der Waals surface area contributed by atoms with Crippen molar-refractivity contribution in [3.8, 4) is 0 Å². The Labute approximate surface area is 76.2 Å². The van der Waals surface area contributed by atoms with Crippen molar-refractivity contribution in [2.24, 2.45) is 0 Å². The number of morpholine rings is 1. The summed E-state index contributed by atoms with van der Waals surface area (Å²) in [6.07, 6.45) is 0.976. The molecule has 2 heterocycles. The number of ether oxygens (including phenoxy) is 1. The van der Waals surface area contributed by atoms with Gasteiger partial charge >= 0.3 is 0 Å². The molecule has 0 aliphatic carbocycles. The fraction of sp³-hybridized carbons (Fsp3) is 1.00. The van der Waals surface area contributed by atoms with E-state index in [-0.39, 0.29) is 5.60 Å². The normalized spacial score (nSPS) is 44.0. The van der Waals surface area contributed by atoms with E-state index in [1.807, 2.05) is 0 Å². The average molecular weight is 189 g/mol. The number of rotatable bonds is 0. The highest BCUT2D eigenvalue weighted by atomic mass is 32.2. The Morgan fingerprint density at radius 3 is 3.00 bits per heavy atom. The summed E-state index contributed by atoms with van der Waals surface area (Å²) < 4.78 is 17.0. The number of likely N-dealkylation sites (N-methyl/N-ethyl adjacent to an activating group) is 1. The quantitative estimate of drug-likeness (QED) is 0.497. The van der Waals surface area contributed by atoms with Gasteiger partial charge in [-0.1, -0.05) is 11.2 Å². The maximum absolute atomic E-state index is 11.2. The van der Waals surface area contributed by atoms with E-state index in [9.17, 15) is 4.55 Å². The van der Waals surface area contributed by atoms with Gasteiger partial charge in [0.25, 0.3) is 0 Å². The predicted molar refractivity (Wildman–Crippen MR) is 48.7 cm³/mol. The number of hydrogen-bond donors (Lipinski definition) is 0. The molecule has 1 spiro atoms. The van der Waals surface area contributed by atoms with Crippen LogP contribution in [0.1, 0.15) is 6.42 Å². The molecule has 0 aromatic heterocycles. The van der Waals surface area contributed by atoms with Gasteiger partial charge in [-0.15, -0.1) is 0 Å². The van der Waals surface area contributed by atoms with Crippen LogP contribution in [0.15, 0.2) is 0 Å². The first-order valence-electron chi connectivity index (χ1n) is 4.38. The molecule has 0 N–H and O–H groups in total. The van der Waals surface area contributed by atoms with Gasteiger partial charge in [-0.25, -0.2) is 0 Å². The van der Waals surface area contributed by atoms with Crippen LogP contribution in [0.5, 0.6) is 0 Å². The van der Waals surface area contributed by atoms with Crippen LogP contribution >= 0.6 is 0 Å². The molecule has 0 saturated carbocycles. The van der Waals surface area contributed by atoms with Crippen LogP contribution < -0.4 is 0 Å². The zero-order valence-corrected chi connectivity index (χ0v) is 8.23. The summed E-state index contributed by atoms with van der Waals surface area (Å²) in [5.74, 6) is 1.57. The second-order valence-electron chi connectivity index (χ2n) is 3.81. The van der Waals surface area contributed by atoms with E-state index in [2.05, 4.69) is 11.9 Å². The lowest BCUT2D eigenvalue weighted by Gasteiger charge is -2.36. The Bertz CT molecular complexity index is 174. The van der Waals surface area contributed by atoms with Crippen molar-refractivity contribution < 1.29 is 9.29 Å². The highest BCUT2D eigenvalue weighted by Crippen LogP contribution is 2.30. The Morgan fingerprint density at radius 2 is 2.42 bits per heavy atom. The molecule has 70 valence electrons. The van der Waals surface area contributed by atoms with Gasteiger partial charge in [0.05, 0.1) is 6.61 Å². The van der Waals surface area contributed by atoms with Crippen molar-refractivity contribution in [3.05, 3.63) is 0 Å². The Hall–Kier alpha value is 0.230. The zero-order chi connectivity index (χ0) is 8.60. The smallest absolute Gasteiger partial charge is 0.135 e. The fourth-order valence-electron chi connectivity index (χ4n) is 2.01. The first-order chi connectivity index (χ1) is 5.70. The third kappa shape index (κ3) is 1.62. The summed E-state index contributed by atoms with van der Waals surface area (Å²) in [7, 11) is 2.10. The van der Waals surface area contributed by atoms with E-state index in [4.69, 9.17) is 4.74 Å². The summed E-state index contributed by atoms with van der Waals surface area (Å²) in [4.78, 5) is 2.27. The van der Waals surface area contributed by atoms with E-state index < -0.39 is 11.2 Å². The zero-order valence-electron chi connectivity index (χ0n) is 7.41. The number of hydrogen-bond acceptors (Lipinski definition) is 3. The van der Waals surface area contributed by atoms with Gasteiger partial charge in [0.15, 0.2) is 0 Å². The van der Waals surface area contributed by atoms with E-state index in [0.29, 0.717) is 0 Å². The molecule has 2 unspecified atom stereocenters. The minimum Gasteiger partial charge on any atom is -0.616 e. The molecule has 2 atom stereocenters. The van der Waals surface area contributed by atoms with Gasteiger partial charge in [0, 0.05) is 19.5 Å². The summed E-state index contributed by atoms with van der Waals surface area (Å²) in [6, 6.07) is 0.